The molecule has 0 aliphatic heterocycles. The van der Waals surface area contributed by atoms with Crippen molar-refractivity contribution >= 4 is 16.9 Å². The van der Waals surface area contributed by atoms with Gasteiger partial charge in [-0.25, -0.2) is 4.98 Å². The van der Waals surface area contributed by atoms with Crippen molar-refractivity contribution in [1.29, 1.82) is 0 Å². The zero-order chi connectivity index (χ0) is 12.7. The lowest BCUT2D eigenvalue weighted by Gasteiger charge is -2.12. The molecule has 90 valence electrons. The molecule has 0 aromatic carbocycles. The van der Waals surface area contributed by atoms with E-state index in [4.69, 9.17) is 0 Å². The predicted octanol–water partition coefficient (Wildman–Crippen LogP) is 1.29. The van der Waals surface area contributed by atoms with Crippen molar-refractivity contribution in [1.82, 2.24) is 19.7 Å². The van der Waals surface area contributed by atoms with E-state index < -0.39 is 0 Å². The van der Waals surface area contributed by atoms with Crippen LogP contribution < -0.4 is 0 Å². The summed E-state index contributed by atoms with van der Waals surface area (Å²) in [6, 6.07) is 1.88. The highest BCUT2D eigenvalue weighted by Gasteiger charge is 2.16. The molecule has 2 aromatic heterocycles. The smallest absolute Gasteiger partial charge is 0.255 e. The Balaban J connectivity index is 2.71. The molecule has 17 heavy (non-hydrogen) atoms. The molecule has 1 amide bonds. The maximum absolute atomic E-state index is 12.0. The molecule has 2 aromatic rings. The average molecular weight is 232 g/mol. The molecule has 0 saturated heterocycles. The summed E-state index contributed by atoms with van der Waals surface area (Å²) in [5.74, 6) is -0.0276. The van der Waals surface area contributed by atoms with Gasteiger partial charge in [0.15, 0.2) is 5.65 Å². The number of pyridine rings is 1. The number of aromatic nitrogens is 3. The second kappa shape index (κ2) is 3.84. The number of hydrogen-bond donors (Lipinski definition) is 0. The molecule has 0 radical (unpaired) electrons. The van der Waals surface area contributed by atoms with Gasteiger partial charge in [0.05, 0.1) is 17.0 Å². The molecule has 0 bridgehead atoms. The Hall–Kier alpha value is -1.91. The zero-order valence-electron chi connectivity index (χ0n) is 10.8. The van der Waals surface area contributed by atoms with Crippen LogP contribution in [0.4, 0.5) is 0 Å². The highest BCUT2D eigenvalue weighted by molar-refractivity contribution is 5.98. The summed E-state index contributed by atoms with van der Waals surface area (Å²) < 4.78 is 1.74. The maximum atomic E-state index is 12.0. The molecule has 5 nitrogen and oxygen atoms in total. The molecule has 0 aliphatic rings. The monoisotopic (exact) mass is 232 g/mol. The third-order valence-electron chi connectivity index (χ3n) is 2.83. The van der Waals surface area contributed by atoms with Crippen molar-refractivity contribution in [3.8, 4) is 0 Å². The van der Waals surface area contributed by atoms with E-state index in [0.29, 0.717) is 5.56 Å². The SMILES string of the molecule is Cc1nc2c(cc1C(=O)N(C)C)c(C)nn2C. The highest BCUT2D eigenvalue weighted by atomic mass is 16.2. The van der Waals surface area contributed by atoms with Crippen molar-refractivity contribution in [2.45, 2.75) is 13.8 Å². The van der Waals surface area contributed by atoms with E-state index in [1.54, 1.807) is 23.7 Å². The molecule has 0 N–H and O–H groups in total. The van der Waals surface area contributed by atoms with Gasteiger partial charge in [0.2, 0.25) is 0 Å². The van der Waals surface area contributed by atoms with Crippen LogP contribution in [0.3, 0.4) is 0 Å². The molecule has 0 aliphatic carbocycles. The van der Waals surface area contributed by atoms with Crippen molar-refractivity contribution in [3.05, 3.63) is 23.0 Å². The molecule has 0 unspecified atom stereocenters. The van der Waals surface area contributed by atoms with Crippen LogP contribution in [-0.2, 0) is 7.05 Å². The number of aryl methyl sites for hydroxylation is 3. The lowest BCUT2D eigenvalue weighted by atomic mass is 10.1. The third kappa shape index (κ3) is 1.77. The van der Waals surface area contributed by atoms with Gasteiger partial charge in [-0.3, -0.25) is 9.48 Å². The van der Waals surface area contributed by atoms with Gasteiger partial charge in [0.1, 0.15) is 0 Å². The van der Waals surface area contributed by atoms with E-state index in [-0.39, 0.29) is 5.91 Å². The minimum atomic E-state index is -0.0276. The van der Waals surface area contributed by atoms with Crippen LogP contribution >= 0.6 is 0 Å². The molecule has 2 rings (SSSR count). The summed E-state index contributed by atoms with van der Waals surface area (Å²) >= 11 is 0. The molecule has 0 atom stereocenters. The van der Waals surface area contributed by atoms with E-state index in [9.17, 15) is 4.79 Å². The van der Waals surface area contributed by atoms with Gasteiger partial charge in [-0.2, -0.15) is 5.10 Å². The second-order valence-corrected chi connectivity index (χ2v) is 4.40. The van der Waals surface area contributed by atoms with Gasteiger partial charge in [-0.05, 0) is 19.9 Å². The summed E-state index contributed by atoms with van der Waals surface area (Å²) in [7, 11) is 5.33. The molecular formula is C12H16N4O. The molecule has 5 heteroatoms. The quantitative estimate of drug-likeness (QED) is 0.744. The first kappa shape index (κ1) is 11.6. The van der Waals surface area contributed by atoms with E-state index in [2.05, 4.69) is 10.1 Å². The second-order valence-electron chi connectivity index (χ2n) is 4.40. The van der Waals surface area contributed by atoms with Gasteiger partial charge in [-0.15, -0.1) is 0 Å². The van der Waals surface area contributed by atoms with Gasteiger partial charge >= 0.3 is 0 Å². The molecular weight excluding hydrogens is 216 g/mol. The number of carbonyl (C=O) groups excluding carboxylic acids is 1. The van der Waals surface area contributed by atoms with Crippen LogP contribution in [-0.4, -0.2) is 39.7 Å². The summed E-state index contributed by atoms with van der Waals surface area (Å²) in [5.41, 5.74) is 3.08. The molecule has 0 spiro atoms. The van der Waals surface area contributed by atoms with Crippen molar-refractivity contribution in [3.63, 3.8) is 0 Å². The zero-order valence-corrected chi connectivity index (χ0v) is 10.8. The van der Waals surface area contributed by atoms with Gasteiger partial charge < -0.3 is 4.90 Å². The van der Waals surface area contributed by atoms with Crippen LogP contribution in [0.1, 0.15) is 21.7 Å². The summed E-state index contributed by atoms with van der Waals surface area (Å²) in [5, 5.41) is 5.24. The number of rotatable bonds is 1. The summed E-state index contributed by atoms with van der Waals surface area (Å²) in [6.07, 6.45) is 0. The Labute approximate surface area is 100 Å². The van der Waals surface area contributed by atoms with E-state index in [0.717, 1.165) is 22.4 Å². The Kier molecular flexibility index (Phi) is 2.61. The number of hydrogen-bond acceptors (Lipinski definition) is 3. The number of nitrogens with zero attached hydrogens (tertiary/aromatic N) is 4. The van der Waals surface area contributed by atoms with E-state index in [1.165, 1.54) is 0 Å². The van der Waals surface area contributed by atoms with Crippen LogP contribution in [0.25, 0.3) is 11.0 Å². The standard InChI is InChI=1S/C12H16N4O/c1-7-10(12(17)15(3)4)6-9-8(2)14-16(5)11(9)13-7/h6H,1-5H3. The van der Waals surface area contributed by atoms with Crippen molar-refractivity contribution < 1.29 is 4.79 Å². The molecule has 0 fully saturated rings. The largest absolute Gasteiger partial charge is 0.345 e. The maximum Gasteiger partial charge on any atom is 0.255 e. The minimum Gasteiger partial charge on any atom is -0.345 e. The topological polar surface area (TPSA) is 51.0 Å². The molecule has 2 heterocycles. The number of amides is 1. The van der Waals surface area contributed by atoms with Crippen molar-refractivity contribution in [2.24, 2.45) is 7.05 Å². The fourth-order valence-corrected chi connectivity index (χ4v) is 1.89. The number of fused-ring (bicyclic) bond motifs is 1. The Morgan fingerprint density at radius 1 is 1.29 bits per heavy atom. The fraction of sp³-hybridized carbons (Fsp3) is 0.417. The van der Waals surface area contributed by atoms with Crippen LogP contribution in [0.5, 0.6) is 0 Å². The lowest BCUT2D eigenvalue weighted by molar-refractivity contribution is 0.0826. The van der Waals surface area contributed by atoms with Crippen LogP contribution in [0.15, 0.2) is 6.07 Å². The van der Waals surface area contributed by atoms with Gasteiger partial charge in [0.25, 0.3) is 5.91 Å². The summed E-state index contributed by atoms with van der Waals surface area (Å²) in [4.78, 5) is 18.0. The number of carbonyl (C=O) groups is 1. The van der Waals surface area contributed by atoms with E-state index >= 15 is 0 Å². The Morgan fingerprint density at radius 2 is 1.94 bits per heavy atom. The first-order chi connectivity index (χ1) is 7.91. The first-order valence-electron chi connectivity index (χ1n) is 5.44. The Morgan fingerprint density at radius 3 is 2.53 bits per heavy atom. The molecule has 0 saturated carbocycles. The van der Waals surface area contributed by atoms with Crippen LogP contribution in [0.2, 0.25) is 0 Å². The lowest BCUT2D eigenvalue weighted by Crippen LogP contribution is -2.23. The normalized spacial score (nSPS) is 10.9. The fourth-order valence-electron chi connectivity index (χ4n) is 1.89. The van der Waals surface area contributed by atoms with Crippen LogP contribution in [0, 0.1) is 13.8 Å². The average Bonchev–Trinajstić information content (AvgIpc) is 2.52. The third-order valence-corrected chi connectivity index (χ3v) is 2.83. The minimum absolute atomic E-state index is 0.0276. The predicted molar refractivity (Wildman–Crippen MR) is 66.0 cm³/mol. The first-order valence-corrected chi connectivity index (χ1v) is 5.44. The van der Waals surface area contributed by atoms with Crippen molar-refractivity contribution in [2.75, 3.05) is 14.1 Å². The Bertz CT molecular complexity index is 598. The highest BCUT2D eigenvalue weighted by Crippen LogP contribution is 2.19. The van der Waals surface area contributed by atoms with Gasteiger partial charge in [-0.1, -0.05) is 0 Å². The van der Waals surface area contributed by atoms with E-state index in [1.807, 2.05) is 27.0 Å². The van der Waals surface area contributed by atoms with Gasteiger partial charge in [0, 0.05) is 26.5 Å². The summed E-state index contributed by atoms with van der Waals surface area (Å²) in [6.45, 7) is 3.77.